The number of rotatable bonds is 4. The molecule has 86 valence electrons. The Morgan fingerprint density at radius 1 is 1.47 bits per heavy atom. The van der Waals surface area contributed by atoms with E-state index in [1.54, 1.807) is 18.5 Å². The number of nitriles is 2. The van der Waals surface area contributed by atoms with Gasteiger partial charge >= 0.3 is 0 Å². The van der Waals surface area contributed by atoms with E-state index in [1.165, 1.54) is 11.8 Å². The molecule has 0 aliphatic carbocycles. The van der Waals surface area contributed by atoms with Crippen molar-refractivity contribution >= 4 is 23.4 Å². The van der Waals surface area contributed by atoms with Gasteiger partial charge in [-0.3, -0.25) is 0 Å². The summed E-state index contributed by atoms with van der Waals surface area (Å²) < 4.78 is 0. The molecule has 0 saturated heterocycles. The van der Waals surface area contributed by atoms with E-state index in [-0.39, 0.29) is 5.57 Å². The first kappa shape index (κ1) is 13.4. The van der Waals surface area contributed by atoms with E-state index in [0.717, 1.165) is 5.56 Å². The Labute approximate surface area is 109 Å². The second-order valence-corrected chi connectivity index (χ2v) is 4.18. The predicted octanol–water partition coefficient (Wildman–Crippen LogP) is 2.45. The predicted molar refractivity (Wildman–Crippen MR) is 67.9 cm³/mol. The van der Waals surface area contributed by atoms with Crippen LogP contribution in [0.1, 0.15) is 5.56 Å². The Morgan fingerprint density at radius 2 is 2.18 bits per heavy atom. The molecule has 0 fully saturated rings. The molecule has 0 saturated carbocycles. The van der Waals surface area contributed by atoms with Crippen LogP contribution in [0.5, 0.6) is 0 Å². The third kappa shape index (κ3) is 3.99. The SMILES string of the molecule is CSC(NCc1ccc(Cl)nc1)=C(C#N)C#N. The topological polar surface area (TPSA) is 72.5 Å². The molecule has 0 aliphatic heterocycles. The zero-order valence-corrected chi connectivity index (χ0v) is 10.6. The average molecular weight is 265 g/mol. The van der Waals surface area contributed by atoms with E-state index >= 15 is 0 Å². The molecular weight excluding hydrogens is 256 g/mol. The molecule has 0 radical (unpaired) electrons. The van der Waals surface area contributed by atoms with Crippen LogP contribution in [0.15, 0.2) is 28.9 Å². The van der Waals surface area contributed by atoms with Gasteiger partial charge in [0.1, 0.15) is 17.3 Å². The minimum atomic E-state index is 0.0828. The highest BCUT2D eigenvalue weighted by Gasteiger charge is 2.04. The fourth-order valence-corrected chi connectivity index (χ4v) is 1.71. The molecule has 0 amide bonds. The molecule has 1 aromatic heterocycles. The standard InChI is InChI=1S/C11H9ClN4S/c1-17-11(9(4-13)5-14)16-7-8-2-3-10(12)15-6-8/h2-3,6,16H,7H2,1H3. The van der Waals surface area contributed by atoms with Gasteiger partial charge in [-0.15, -0.1) is 11.8 Å². The fourth-order valence-electron chi connectivity index (χ4n) is 1.08. The van der Waals surface area contributed by atoms with Crippen LogP contribution in [0, 0.1) is 22.7 Å². The minimum absolute atomic E-state index is 0.0828. The molecule has 0 atom stereocenters. The maximum Gasteiger partial charge on any atom is 0.159 e. The summed E-state index contributed by atoms with van der Waals surface area (Å²) in [5.74, 6) is 0. The molecule has 0 unspecified atom stereocenters. The summed E-state index contributed by atoms with van der Waals surface area (Å²) in [5, 5.41) is 21.5. The highest BCUT2D eigenvalue weighted by Crippen LogP contribution is 2.14. The zero-order chi connectivity index (χ0) is 12.7. The molecule has 0 bridgehead atoms. The van der Waals surface area contributed by atoms with E-state index in [1.807, 2.05) is 18.2 Å². The quantitative estimate of drug-likeness (QED) is 0.668. The van der Waals surface area contributed by atoms with E-state index in [4.69, 9.17) is 22.1 Å². The molecule has 0 spiro atoms. The van der Waals surface area contributed by atoms with Gasteiger partial charge in [0.05, 0.1) is 5.03 Å². The van der Waals surface area contributed by atoms with E-state index in [0.29, 0.717) is 16.7 Å². The van der Waals surface area contributed by atoms with Crippen molar-refractivity contribution in [2.75, 3.05) is 6.26 Å². The van der Waals surface area contributed by atoms with E-state index < -0.39 is 0 Å². The average Bonchev–Trinajstić information content (AvgIpc) is 2.36. The fraction of sp³-hybridized carbons (Fsp3) is 0.182. The van der Waals surface area contributed by atoms with Crippen molar-refractivity contribution < 1.29 is 0 Å². The maximum absolute atomic E-state index is 8.75. The lowest BCUT2D eigenvalue weighted by molar-refractivity contribution is 0.848. The molecule has 0 aliphatic rings. The first-order chi connectivity index (χ1) is 8.21. The Hall–Kier alpha value is -1.69. The Bertz CT molecular complexity index is 480. The number of aromatic nitrogens is 1. The van der Waals surface area contributed by atoms with Crippen LogP contribution in [0.2, 0.25) is 5.15 Å². The molecular formula is C11H9ClN4S. The van der Waals surface area contributed by atoms with Crippen LogP contribution in [0.4, 0.5) is 0 Å². The number of nitrogens with one attached hydrogen (secondary N) is 1. The Kier molecular flexibility index (Phi) is 5.35. The lowest BCUT2D eigenvalue weighted by Gasteiger charge is -2.08. The van der Waals surface area contributed by atoms with Gasteiger partial charge < -0.3 is 5.32 Å². The van der Waals surface area contributed by atoms with Gasteiger partial charge in [0, 0.05) is 12.7 Å². The number of pyridine rings is 1. The third-order valence-electron chi connectivity index (χ3n) is 1.90. The lowest BCUT2D eigenvalue weighted by atomic mass is 10.3. The van der Waals surface area contributed by atoms with Crippen molar-refractivity contribution in [3.8, 4) is 12.1 Å². The van der Waals surface area contributed by atoms with Gasteiger partial charge in [0.2, 0.25) is 0 Å². The van der Waals surface area contributed by atoms with Crippen LogP contribution in [0.3, 0.4) is 0 Å². The number of hydrogen-bond donors (Lipinski definition) is 1. The molecule has 1 heterocycles. The monoisotopic (exact) mass is 264 g/mol. The van der Waals surface area contributed by atoms with E-state index in [9.17, 15) is 0 Å². The van der Waals surface area contributed by atoms with Gasteiger partial charge in [-0.05, 0) is 17.9 Å². The first-order valence-corrected chi connectivity index (χ1v) is 6.24. The van der Waals surface area contributed by atoms with Crippen molar-refractivity contribution in [2.24, 2.45) is 0 Å². The lowest BCUT2D eigenvalue weighted by Crippen LogP contribution is -2.12. The Balaban J connectivity index is 2.73. The first-order valence-electron chi connectivity index (χ1n) is 4.64. The van der Waals surface area contributed by atoms with Gasteiger partial charge in [-0.1, -0.05) is 17.7 Å². The number of nitrogens with zero attached hydrogens (tertiary/aromatic N) is 3. The molecule has 4 nitrogen and oxygen atoms in total. The smallest absolute Gasteiger partial charge is 0.159 e. The molecule has 1 N–H and O–H groups in total. The van der Waals surface area contributed by atoms with Gasteiger partial charge in [-0.2, -0.15) is 10.5 Å². The zero-order valence-electron chi connectivity index (χ0n) is 9.07. The van der Waals surface area contributed by atoms with Crippen LogP contribution < -0.4 is 5.32 Å². The van der Waals surface area contributed by atoms with Crippen LogP contribution in [-0.2, 0) is 6.54 Å². The van der Waals surface area contributed by atoms with Crippen molar-refractivity contribution in [3.05, 3.63) is 39.6 Å². The van der Waals surface area contributed by atoms with Crippen molar-refractivity contribution in [2.45, 2.75) is 6.54 Å². The third-order valence-corrected chi connectivity index (χ3v) is 2.88. The highest BCUT2D eigenvalue weighted by molar-refractivity contribution is 8.02. The molecule has 1 rings (SSSR count). The molecule has 6 heteroatoms. The summed E-state index contributed by atoms with van der Waals surface area (Å²) in [5.41, 5.74) is 1.01. The second kappa shape index (κ2) is 6.80. The van der Waals surface area contributed by atoms with Crippen molar-refractivity contribution in [1.29, 1.82) is 10.5 Å². The van der Waals surface area contributed by atoms with E-state index in [2.05, 4.69) is 10.3 Å². The van der Waals surface area contributed by atoms with Crippen LogP contribution >= 0.6 is 23.4 Å². The molecule has 1 aromatic rings. The largest absolute Gasteiger partial charge is 0.374 e. The summed E-state index contributed by atoms with van der Waals surface area (Å²) in [6.45, 7) is 0.493. The molecule has 0 aromatic carbocycles. The second-order valence-electron chi connectivity index (χ2n) is 2.97. The maximum atomic E-state index is 8.75. The van der Waals surface area contributed by atoms with Gasteiger partial charge in [0.25, 0.3) is 0 Å². The van der Waals surface area contributed by atoms with Crippen LogP contribution in [-0.4, -0.2) is 11.2 Å². The van der Waals surface area contributed by atoms with Gasteiger partial charge in [-0.25, -0.2) is 4.98 Å². The highest BCUT2D eigenvalue weighted by atomic mass is 35.5. The van der Waals surface area contributed by atoms with Gasteiger partial charge in [0.15, 0.2) is 5.57 Å². The summed E-state index contributed by atoms with van der Waals surface area (Å²) in [6, 6.07) is 7.22. The van der Waals surface area contributed by atoms with Crippen LogP contribution in [0.25, 0.3) is 0 Å². The number of hydrogen-bond acceptors (Lipinski definition) is 5. The number of allylic oxidation sites excluding steroid dienone is 1. The van der Waals surface area contributed by atoms with Crippen molar-refractivity contribution in [1.82, 2.24) is 10.3 Å². The summed E-state index contributed by atoms with van der Waals surface area (Å²) in [4.78, 5) is 3.94. The van der Waals surface area contributed by atoms with Crippen molar-refractivity contribution in [3.63, 3.8) is 0 Å². The summed E-state index contributed by atoms with van der Waals surface area (Å²) >= 11 is 6.99. The Morgan fingerprint density at radius 3 is 2.65 bits per heavy atom. The minimum Gasteiger partial charge on any atom is -0.374 e. The molecule has 17 heavy (non-hydrogen) atoms. The normalized spacial score (nSPS) is 8.94. The summed E-state index contributed by atoms with van der Waals surface area (Å²) in [7, 11) is 0. The number of thioether (sulfide) groups is 1. The summed E-state index contributed by atoms with van der Waals surface area (Å²) in [6.07, 6.45) is 3.45. The number of halogens is 1.